The van der Waals surface area contributed by atoms with Gasteiger partial charge in [0, 0.05) is 11.6 Å². The molecule has 0 amide bonds. The smallest absolute Gasteiger partial charge is 0.176 e. The van der Waals surface area contributed by atoms with Gasteiger partial charge in [0.25, 0.3) is 0 Å². The van der Waals surface area contributed by atoms with Crippen LogP contribution in [0.4, 0.5) is 0 Å². The van der Waals surface area contributed by atoms with Crippen LogP contribution in [0, 0.1) is 0 Å². The number of benzene rings is 1. The van der Waals surface area contributed by atoms with Crippen molar-refractivity contribution in [1.82, 2.24) is 5.32 Å². The number of Topliss-reactive ketones (excluding diaryl/α,β-unsaturated/α-hetero) is 1. The van der Waals surface area contributed by atoms with Crippen LogP contribution >= 0.6 is 12.4 Å². The molecular weight excluding hydrogens is 258 g/mol. The van der Waals surface area contributed by atoms with E-state index < -0.39 is 0 Å². The molecule has 0 heterocycles. The highest BCUT2D eigenvalue weighted by atomic mass is 35.5. The Morgan fingerprint density at radius 2 is 1.58 bits per heavy atom. The Morgan fingerprint density at radius 3 is 2.21 bits per heavy atom. The summed E-state index contributed by atoms with van der Waals surface area (Å²) in [5, 5.41) is 3.44. The summed E-state index contributed by atoms with van der Waals surface area (Å²) in [4.78, 5) is 12.0. The third-order valence-corrected chi connectivity index (χ3v) is 3.75. The normalized spacial score (nSPS) is 17.1. The minimum Gasteiger partial charge on any atom is -0.307 e. The van der Waals surface area contributed by atoms with Gasteiger partial charge >= 0.3 is 0 Å². The Kier molecular flexibility index (Phi) is 7.76. The number of carbonyl (C=O) groups excluding carboxylic acids is 1. The predicted molar refractivity (Wildman–Crippen MR) is 82.1 cm³/mol. The third-order valence-electron chi connectivity index (χ3n) is 3.75. The van der Waals surface area contributed by atoms with Gasteiger partial charge in [-0.3, -0.25) is 4.79 Å². The van der Waals surface area contributed by atoms with E-state index in [0.29, 0.717) is 12.6 Å². The highest BCUT2D eigenvalue weighted by Gasteiger charge is 2.12. The maximum atomic E-state index is 12.0. The van der Waals surface area contributed by atoms with E-state index >= 15 is 0 Å². The van der Waals surface area contributed by atoms with Crippen molar-refractivity contribution >= 4 is 18.2 Å². The Bertz CT molecular complexity index is 358. The molecule has 1 aliphatic rings. The molecule has 1 aliphatic carbocycles. The van der Waals surface area contributed by atoms with Gasteiger partial charge in [-0.15, -0.1) is 12.4 Å². The van der Waals surface area contributed by atoms with Gasteiger partial charge < -0.3 is 5.32 Å². The van der Waals surface area contributed by atoms with Crippen LogP contribution in [-0.4, -0.2) is 18.4 Å². The van der Waals surface area contributed by atoms with E-state index in [9.17, 15) is 4.79 Å². The molecular formula is C16H24ClNO. The standard InChI is InChI=1S/C16H23NO.ClH/c18-16(14-9-5-4-6-10-14)13-17-15-11-7-2-1-3-8-12-15;/h4-6,9-10,15,17H,1-3,7-8,11-13H2;1H. The van der Waals surface area contributed by atoms with Crippen LogP contribution in [-0.2, 0) is 0 Å². The van der Waals surface area contributed by atoms with Crippen LogP contribution in [0.15, 0.2) is 30.3 Å². The average molecular weight is 282 g/mol. The van der Waals surface area contributed by atoms with E-state index in [1.165, 1.54) is 44.9 Å². The highest BCUT2D eigenvalue weighted by Crippen LogP contribution is 2.17. The fraction of sp³-hybridized carbons (Fsp3) is 0.562. The summed E-state index contributed by atoms with van der Waals surface area (Å²) in [6.07, 6.45) is 9.14. The van der Waals surface area contributed by atoms with E-state index in [4.69, 9.17) is 0 Å². The maximum absolute atomic E-state index is 12.0. The summed E-state index contributed by atoms with van der Waals surface area (Å²) in [6, 6.07) is 10.1. The molecule has 2 rings (SSSR count). The number of halogens is 1. The number of hydrogen-bond donors (Lipinski definition) is 1. The average Bonchev–Trinajstić information content (AvgIpc) is 2.38. The molecule has 0 atom stereocenters. The summed E-state index contributed by atoms with van der Waals surface area (Å²) < 4.78 is 0. The highest BCUT2D eigenvalue weighted by molar-refractivity contribution is 5.97. The van der Waals surface area contributed by atoms with Gasteiger partial charge in [-0.05, 0) is 12.8 Å². The lowest BCUT2D eigenvalue weighted by Crippen LogP contribution is -2.34. The molecule has 1 saturated carbocycles. The molecule has 0 saturated heterocycles. The first-order valence-electron chi connectivity index (χ1n) is 7.18. The van der Waals surface area contributed by atoms with Crippen molar-refractivity contribution in [3.63, 3.8) is 0 Å². The first-order valence-corrected chi connectivity index (χ1v) is 7.18. The molecule has 0 unspecified atom stereocenters. The summed E-state index contributed by atoms with van der Waals surface area (Å²) >= 11 is 0. The molecule has 0 aromatic heterocycles. The van der Waals surface area contributed by atoms with Crippen molar-refractivity contribution < 1.29 is 4.79 Å². The zero-order valence-corrected chi connectivity index (χ0v) is 12.3. The van der Waals surface area contributed by atoms with Crippen LogP contribution in [0.2, 0.25) is 0 Å². The lowest BCUT2D eigenvalue weighted by Gasteiger charge is -2.20. The summed E-state index contributed by atoms with van der Waals surface area (Å²) in [7, 11) is 0. The second-order valence-corrected chi connectivity index (χ2v) is 5.21. The zero-order valence-electron chi connectivity index (χ0n) is 11.4. The molecule has 1 aromatic rings. The molecule has 0 radical (unpaired) electrons. The number of nitrogens with one attached hydrogen (secondary N) is 1. The number of carbonyl (C=O) groups is 1. The number of rotatable bonds is 4. The van der Waals surface area contributed by atoms with Crippen molar-refractivity contribution in [2.45, 2.75) is 51.0 Å². The van der Waals surface area contributed by atoms with Crippen LogP contribution in [0.25, 0.3) is 0 Å². The fourth-order valence-corrected chi connectivity index (χ4v) is 2.62. The Hall–Kier alpha value is -0.860. The van der Waals surface area contributed by atoms with Gasteiger partial charge in [-0.2, -0.15) is 0 Å². The Balaban J connectivity index is 0.00000180. The molecule has 1 N–H and O–H groups in total. The predicted octanol–water partition coefficient (Wildman–Crippen LogP) is 3.99. The van der Waals surface area contributed by atoms with Crippen molar-refractivity contribution in [2.75, 3.05) is 6.54 Å². The fourth-order valence-electron chi connectivity index (χ4n) is 2.62. The van der Waals surface area contributed by atoms with Crippen LogP contribution in [0.3, 0.4) is 0 Å². The van der Waals surface area contributed by atoms with E-state index in [0.717, 1.165) is 5.56 Å². The topological polar surface area (TPSA) is 29.1 Å². The lowest BCUT2D eigenvalue weighted by atomic mass is 9.96. The Labute approximate surface area is 122 Å². The first kappa shape index (κ1) is 16.2. The van der Waals surface area contributed by atoms with Gasteiger partial charge in [0.2, 0.25) is 0 Å². The summed E-state index contributed by atoms with van der Waals surface area (Å²) in [6.45, 7) is 0.481. The van der Waals surface area contributed by atoms with E-state index in [2.05, 4.69) is 5.32 Å². The molecule has 0 aliphatic heterocycles. The van der Waals surface area contributed by atoms with Gasteiger partial charge in [-0.1, -0.05) is 62.4 Å². The maximum Gasteiger partial charge on any atom is 0.176 e. The lowest BCUT2D eigenvalue weighted by molar-refractivity contribution is 0.0985. The Morgan fingerprint density at radius 1 is 1.00 bits per heavy atom. The molecule has 0 bridgehead atoms. The van der Waals surface area contributed by atoms with Crippen molar-refractivity contribution in [3.8, 4) is 0 Å². The molecule has 19 heavy (non-hydrogen) atoms. The summed E-state index contributed by atoms with van der Waals surface area (Å²) in [5.41, 5.74) is 0.816. The van der Waals surface area contributed by atoms with Crippen LogP contribution in [0.5, 0.6) is 0 Å². The van der Waals surface area contributed by atoms with Crippen molar-refractivity contribution in [3.05, 3.63) is 35.9 Å². The van der Waals surface area contributed by atoms with Crippen molar-refractivity contribution in [2.24, 2.45) is 0 Å². The largest absolute Gasteiger partial charge is 0.307 e. The molecule has 3 heteroatoms. The SMILES string of the molecule is Cl.O=C(CNC1CCCCCCC1)c1ccccc1. The van der Waals surface area contributed by atoms with E-state index in [1.54, 1.807) is 0 Å². The van der Waals surface area contributed by atoms with Crippen LogP contribution < -0.4 is 5.32 Å². The minimum atomic E-state index is 0. The first-order chi connectivity index (χ1) is 8.86. The number of ketones is 1. The molecule has 0 spiro atoms. The monoisotopic (exact) mass is 281 g/mol. The van der Waals surface area contributed by atoms with E-state index in [1.807, 2.05) is 30.3 Å². The zero-order chi connectivity index (χ0) is 12.6. The second-order valence-electron chi connectivity index (χ2n) is 5.21. The minimum absolute atomic E-state index is 0. The van der Waals surface area contributed by atoms with Crippen LogP contribution in [0.1, 0.15) is 55.3 Å². The third kappa shape index (κ3) is 5.75. The van der Waals surface area contributed by atoms with E-state index in [-0.39, 0.29) is 18.2 Å². The van der Waals surface area contributed by atoms with Gasteiger partial charge in [-0.25, -0.2) is 0 Å². The molecule has 2 nitrogen and oxygen atoms in total. The molecule has 1 aromatic carbocycles. The molecule has 106 valence electrons. The van der Waals surface area contributed by atoms with Gasteiger partial charge in [0.05, 0.1) is 6.54 Å². The second kappa shape index (κ2) is 9.11. The molecule has 1 fully saturated rings. The van der Waals surface area contributed by atoms with Gasteiger partial charge in [0.15, 0.2) is 5.78 Å². The number of hydrogen-bond acceptors (Lipinski definition) is 2. The quantitative estimate of drug-likeness (QED) is 0.846. The van der Waals surface area contributed by atoms with Gasteiger partial charge in [0.1, 0.15) is 0 Å². The van der Waals surface area contributed by atoms with Crippen molar-refractivity contribution in [1.29, 1.82) is 0 Å². The summed E-state index contributed by atoms with van der Waals surface area (Å²) in [5.74, 6) is 0.206.